The van der Waals surface area contributed by atoms with E-state index in [1.807, 2.05) is 60.7 Å². The summed E-state index contributed by atoms with van der Waals surface area (Å²) in [5.41, 5.74) is 2.23. The Hall–Kier alpha value is -2.09. The Balaban J connectivity index is 2.15. The molecule has 0 atom stereocenters. The van der Waals surface area contributed by atoms with Crippen LogP contribution in [0.4, 0.5) is 0 Å². The molecular formula is C25H22Br3N3O. The second-order valence-corrected chi connectivity index (χ2v) is 9.62. The van der Waals surface area contributed by atoms with Crippen molar-refractivity contribution in [3.63, 3.8) is 0 Å². The summed E-state index contributed by atoms with van der Waals surface area (Å²) in [7, 11) is 0. The molecule has 0 aromatic heterocycles. The first kappa shape index (κ1) is 24.6. The summed E-state index contributed by atoms with van der Waals surface area (Å²) in [6.45, 7) is 5.72. The predicted octanol–water partition coefficient (Wildman–Crippen LogP) is 7.35. The third-order valence-electron chi connectivity index (χ3n) is 4.78. The number of carbonyl (C=O) groups is 1. The number of halogens is 3. The van der Waals surface area contributed by atoms with Gasteiger partial charge >= 0.3 is 0 Å². The fourth-order valence-electron chi connectivity index (χ4n) is 3.05. The van der Waals surface area contributed by atoms with Crippen molar-refractivity contribution in [1.82, 2.24) is 4.90 Å². The van der Waals surface area contributed by atoms with E-state index in [1.165, 1.54) is 0 Å². The van der Waals surface area contributed by atoms with Crippen LogP contribution in [0.1, 0.15) is 35.3 Å². The summed E-state index contributed by atoms with van der Waals surface area (Å²) < 4.78 is 2.84. The second kappa shape index (κ2) is 11.7. The molecule has 164 valence electrons. The highest BCUT2D eigenvalue weighted by Crippen LogP contribution is 2.17. The van der Waals surface area contributed by atoms with Gasteiger partial charge in [0.1, 0.15) is 5.84 Å². The van der Waals surface area contributed by atoms with Crippen molar-refractivity contribution >= 4 is 65.4 Å². The SMILES string of the molecule is CCN(CC)C(=NC(=NC(=O)c1ccc(Br)cc1)c1ccc(Br)cc1)c1ccc(Br)cc1. The Bertz CT molecular complexity index is 1120. The van der Waals surface area contributed by atoms with Gasteiger partial charge in [-0.2, -0.15) is 4.99 Å². The number of amides is 1. The number of benzene rings is 3. The molecule has 0 fully saturated rings. The average Bonchev–Trinajstić information content (AvgIpc) is 2.80. The van der Waals surface area contributed by atoms with Crippen LogP contribution in [-0.2, 0) is 0 Å². The quantitative estimate of drug-likeness (QED) is 0.221. The fraction of sp³-hybridized carbons (Fsp3) is 0.160. The van der Waals surface area contributed by atoms with Crippen molar-refractivity contribution in [3.05, 3.63) is 103 Å². The number of hydrogen-bond donors (Lipinski definition) is 0. The van der Waals surface area contributed by atoms with Crippen LogP contribution in [0.2, 0.25) is 0 Å². The summed E-state index contributed by atoms with van der Waals surface area (Å²) in [4.78, 5) is 24.5. The van der Waals surface area contributed by atoms with Gasteiger partial charge in [0.15, 0.2) is 5.84 Å². The minimum Gasteiger partial charge on any atom is -0.357 e. The van der Waals surface area contributed by atoms with E-state index in [-0.39, 0.29) is 5.91 Å². The monoisotopic (exact) mass is 617 g/mol. The van der Waals surface area contributed by atoms with Gasteiger partial charge in [-0.25, -0.2) is 4.99 Å². The lowest BCUT2D eigenvalue weighted by Crippen LogP contribution is -2.32. The van der Waals surface area contributed by atoms with Crippen molar-refractivity contribution in [3.8, 4) is 0 Å². The van der Waals surface area contributed by atoms with Gasteiger partial charge in [0.2, 0.25) is 0 Å². The molecule has 3 aromatic rings. The molecule has 3 aromatic carbocycles. The van der Waals surface area contributed by atoms with Crippen LogP contribution in [-0.4, -0.2) is 35.6 Å². The van der Waals surface area contributed by atoms with E-state index in [4.69, 9.17) is 4.99 Å². The lowest BCUT2D eigenvalue weighted by molar-refractivity contribution is 0.100. The van der Waals surface area contributed by atoms with E-state index in [0.717, 1.165) is 43.5 Å². The third-order valence-corrected chi connectivity index (χ3v) is 6.36. The molecule has 0 heterocycles. The van der Waals surface area contributed by atoms with Gasteiger partial charge in [-0.05, 0) is 62.4 Å². The molecule has 0 aliphatic rings. The standard InChI is InChI=1S/C25H22Br3N3O/c1-3-31(4-2)24(18-7-13-21(27)14-8-18)29-23(17-5-11-20(26)12-6-17)30-25(32)19-9-15-22(28)16-10-19/h5-16H,3-4H2,1-2H3. The van der Waals surface area contributed by atoms with Crippen molar-refractivity contribution in [1.29, 1.82) is 0 Å². The van der Waals surface area contributed by atoms with Crippen LogP contribution in [0, 0.1) is 0 Å². The molecule has 0 spiro atoms. The van der Waals surface area contributed by atoms with Crippen LogP contribution in [0.15, 0.2) is 96.2 Å². The largest absolute Gasteiger partial charge is 0.357 e. The maximum absolute atomic E-state index is 13.0. The first-order chi connectivity index (χ1) is 15.4. The zero-order chi connectivity index (χ0) is 23.1. The molecule has 0 aliphatic carbocycles. The second-order valence-electron chi connectivity index (χ2n) is 6.87. The molecule has 1 amide bonds. The number of aliphatic imine (C=N–C) groups is 2. The topological polar surface area (TPSA) is 45.0 Å². The predicted molar refractivity (Wildman–Crippen MR) is 143 cm³/mol. The molecule has 7 heteroatoms. The average molecular weight is 620 g/mol. The van der Waals surface area contributed by atoms with E-state index in [0.29, 0.717) is 11.4 Å². The summed E-state index contributed by atoms with van der Waals surface area (Å²) in [5.74, 6) is 0.803. The van der Waals surface area contributed by atoms with E-state index < -0.39 is 0 Å². The van der Waals surface area contributed by atoms with E-state index >= 15 is 0 Å². The molecule has 0 saturated heterocycles. The number of amidine groups is 2. The highest BCUT2D eigenvalue weighted by Gasteiger charge is 2.15. The van der Waals surface area contributed by atoms with Crippen LogP contribution in [0.5, 0.6) is 0 Å². The Kier molecular flexibility index (Phi) is 8.96. The number of hydrogen-bond acceptors (Lipinski definition) is 1. The number of nitrogens with zero attached hydrogens (tertiary/aromatic N) is 3. The minimum atomic E-state index is -0.339. The molecule has 0 bridgehead atoms. The molecule has 0 aliphatic heterocycles. The van der Waals surface area contributed by atoms with Gasteiger partial charge in [0, 0.05) is 43.2 Å². The lowest BCUT2D eigenvalue weighted by Gasteiger charge is -2.23. The minimum absolute atomic E-state index is 0.339. The zero-order valence-electron chi connectivity index (χ0n) is 17.7. The lowest BCUT2D eigenvalue weighted by atomic mass is 10.1. The molecule has 0 unspecified atom stereocenters. The van der Waals surface area contributed by atoms with E-state index in [2.05, 4.69) is 71.5 Å². The van der Waals surface area contributed by atoms with Gasteiger partial charge in [-0.15, -0.1) is 0 Å². The van der Waals surface area contributed by atoms with Gasteiger partial charge in [-0.1, -0.05) is 72.1 Å². The highest BCUT2D eigenvalue weighted by molar-refractivity contribution is 9.11. The first-order valence-corrected chi connectivity index (χ1v) is 12.5. The summed E-state index contributed by atoms with van der Waals surface area (Å²) in [6.07, 6.45) is 0. The fourth-order valence-corrected chi connectivity index (χ4v) is 3.84. The molecule has 0 N–H and O–H groups in total. The van der Waals surface area contributed by atoms with Crippen molar-refractivity contribution in [2.24, 2.45) is 9.98 Å². The summed E-state index contributed by atoms with van der Waals surface area (Å²) in [5, 5.41) is 0. The van der Waals surface area contributed by atoms with Crippen LogP contribution < -0.4 is 0 Å². The molecule has 32 heavy (non-hydrogen) atoms. The molecule has 0 saturated carbocycles. The molecule has 3 rings (SSSR count). The first-order valence-electron chi connectivity index (χ1n) is 10.1. The summed E-state index contributed by atoms with van der Waals surface area (Å²) >= 11 is 10.4. The molecule has 4 nitrogen and oxygen atoms in total. The normalized spacial score (nSPS) is 12.0. The van der Waals surface area contributed by atoms with Crippen molar-refractivity contribution in [2.75, 3.05) is 13.1 Å². The summed E-state index contributed by atoms with van der Waals surface area (Å²) in [6, 6.07) is 22.8. The van der Waals surface area contributed by atoms with Crippen LogP contribution >= 0.6 is 47.8 Å². The van der Waals surface area contributed by atoms with E-state index in [9.17, 15) is 4.79 Å². The number of rotatable bonds is 5. The zero-order valence-corrected chi connectivity index (χ0v) is 22.5. The Morgan fingerprint density at radius 3 is 1.50 bits per heavy atom. The third kappa shape index (κ3) is 6.47. The van der Waals surface area contributed by atoms with Gasteiger partial charge in [0.25, 0.3) is 5.91 Å². The van der Waals surface area contributed by atoms with Crippen molar-refractivity contribution in [2.45, 2.75) is 13.8 Å². The Labute approximate surface area is 213 Å². The molecular weight excluding hydrogens is 598 g/mol. The van der Waals surface area contributed by atoms with E-state index in [1.54, 1.807) is 12.1 Å². The highest BCUT2D eigenvalue weighted by atomic mass is 79.9. The maximum atomic E-state index is 13.0. The van der Waals surface area contributed by atoms with Gasteiger partial charge in [-0.3, -0.25) is 4.79 Å². The smallest absolute Gasteiger partial charge is 0.279 e. The van der Waals surface area contributed by atoms with Crippen LogP contribution in [0.3, 0.4) is 0 Å². The van der Waals surface area contributed by atoms with Gasteiger partial charge in [0.05, 0.1) is 0 Å². The molecule has 0 radical (unpaired) electrons. The Morgan fingerprint density at radius 1 is 0.656 bits per heavy atom. The Morgan fingerprint density at radius 2 is 1.06 bits per heavy atom. The number of carbonyl (C=O) groups excluding carboxylic acids is 1. The van der Waals surface area contributed by atoms with Gasteiger partial charge < -0.3 is 4.90 Å². The maximum Gasteiger partial charge on any atom is 0.279 e. The van der Waals surface area contributed by atoms with Crippen molar-refractivity contribution < 1.29 is 4.79 Å². The van der Waals surface area contributed by atoms with Crippen LogP contribution in [0.25, 0.3) is 0 Å².